The van der Waals surface area contributed by atoms with Gasteiger partial charge in [0.1, 0.15) is 11.3 Å². The number of hydrogen-bond donors (Lipinski definition) is 3. The normalized spacial score (nSPS) is 12.9. The SMILES string of the molecule is C/C(=N\NC(=O)c1ccc(C(=O)O)c([N+](=O)[O-])c1)c1csc(-c2ccc3c(c2)CCC3)c1O. The summed E-state index contributed by atoms with van der Waals surface area (Å²) in [6, 6.07) is 9.23. The van der Waals surface area contributed by atoms with E-state index in [0.29, 0.717) is 16.2 Å². The summed E-state index contributed by atoms with van der Waals surface area (Å²) in [5.74, 6) is -2.15. The maximum atomic E-state index is 12.4. The number of carboxylic acid groups (broad SMARTS) is 1. The number of nitrogens with zero attached hydrogens (tertiary/aromatic N) is 2. The quantitative estimate of drug-likeness (QED) is 0.280. The van der Waals surface area contributed by atoms with Crippen LogP contribution in [0.3, 0.4) is 0 Å². The number of carbonyl (C=O) groups is 2. The number of hydrazone groups is 1. The van der Waals surface area contributed by atoms with Crippen molar-refractivity contribution < 1.29 is 24.7 Å². The van der Waals surface area contributed by atoms with E-state index >= 15 is 0 Å². The zero-order valence-corrected chi connectivity index (χ0v) is 18.3. The van der Waals surface area contributed by atoms with Crippen LogP contribution in [0.5, 0.6) is 5.75 Å². The monoisotopic (exact) mass is 465 g/mol. The number of carboxylic acids is 1. The Morgan fingerprint density at radius 2 is 1.88 bits per heavy atom. The second-order valence-electron chi connectivity index (χ2n) is 7.60. The predicted molar refractivity (Wildman–Crippen MR) is 123 cm³/mol. The molecule has 0 unspecified atom stereocenters. The number of amides is 1. The molecule has 10 heteroatoms. The fourth-order valence-corrected chi connectivity index (χ4v) is 4.79. The average molecular weight is 465 g/mol. The second-order valence-corrected chi connectivity index (χ2v) is 8.48. The van der Waals surface area contributed by atoms with Crippen molar-refractivity contribution in [2.75, 3.05) is 0 Å². The van der Waals surface area contributed by atoms with Crippen molar-refractivity contribution in [2.24, 2.45) is 5.10 Å². The standard InChI is InChI=1S/C23H19N3O6S/c1-12(24-25-22(28)16-7-8-17(23(29)30)19(10-16)26(31)32)18-11-33-21(20(18)27)15-6-5-13-3-2-4-14(13)9-15/h5-11,27H,2-4H2,1H3,(H,25,28)(H,29,30)/b24-12+. The van der Waals surface area contributed by atoms with Crippen LogP contribution in [0.15, 0.2) is 46.9 Å². The Morgan fingerprint density at radius 3 is 2.61 bits per heavy atom. The van der Waals surface area contributed by atoms with E-state index in [1.807, 2.05) is 6.07 Å². The molecule has 0 aliphatic heterocycles. The summed E-state index contributed by atoms with van der Waals surface area (Å²) < 4.78 is 0. The number of thiophene rings is 1. The maximum Gasteiger partial charge on any atom is 0.342 e. The van der Waals surface area contributed by atoms with Crippen LogP contribution in [-0.4, -0.2) is 32.7 Å². The summed E-state index contributed by atoms with van der Waals surface area (Å²) in [6.07, 6.45) is 3.24. The van der Waals surface area contributed by atoms with E-state index in [9.17, 15) is 24.8 Å². The highest BCUT2D eigenvalue weighted by molar-refractivity contribution is 7.14. The number of rotatable bonds is 6. The molecule has 0 saturated heterocycles. The van der Waals surface area contributed by atoms with Gasteiger partial charge in [0.25, 0.3) is 11.6 Å². The highest BCUT2D eigenvalue weighted by Crippen LogP contribution is 2.40. The minimum atomic E-state index is -1.46. The summed E-state index contributed by atoms with van der Waals surface area (Å²) in [5.41, 5.74) is 5.34. The smallest absolute Gasteiger partial charge is 0.342 e. The fraction of sp³-hybridized carbons (Fsp3) is 0.174. The van der Waals surface area contributed by atoms with E-state index in [1.165, 1.54) is 28.5 Å². The molecule has 3 aromatic rings. The van der Waals surface area contributed by atoms with E-state index in [1.54, 1.807) is 12.3 Å². The molecule has 1 heterocycles. The van der Waals surface area contributed by atoms with Crippen LogP contribution in [0.4, 0.5) is 5.69 Å². The molecule has 9 nitrogen and oxygen atoms in total. The summed E-state index contributed by atoms with van der Waals surface area (Å²) >= 11 is 1.37. The van der Waals surface area contributed by atoms with Gasteiger partial charge in [-0.25, -0.2) is 10.2 Å². The third-order valence-corrected chi connectivity index (χ3v) is 6.55. The molecule has 0 spiro atoms. The molecule has 168 valence electrons. The molecule has 0 saturated carbocycles. The number of carbonyl (C=O) groups excluding carboxylic acids is 1. The molecule has 3 N–H and O–H groups in total. The van der Waals surface area contributed by atoms with Gasteiger partial charge >= 0.3 is 5.97 Å². The van der Waals surface area contributed by atoms with Crippen LogP contribution >= 0.6 is 11.3 Å². The van der Waals surface area contributed by atoms with Gasteiger partial charge in [0.05, 0.1) is 21.1 Å². The predicted octanol–water partition coefficient (Wildman–Crippen LogP) is 4.37. The lowest BCUT2D eigenvalue weighted by atomic mass is 10.0. The average Bonchev–Trinajstić information content (AvgIpc) is 3.42. The number of nitrogens with one attached hydrogen (secondary N) is 1. The first-order chi connectivity index (χ1) is 15.8. The van der Waals surface area contributed by atoms with Crippen molar-refractivity contribution in [1.29, 1.82) is 0 Å². The Hall–Kier alpha value is -4.05. The van der Waals surface area contributed by atoms with Crippen LogP contribution in [0.2, 0.25) is 0 Å². The first-order valence-electron chi connectivity index (χ1n) is 10.1. The van der Waals surface area contributed by atoms with Gasteiger partial charge in [-0.1, -0.05) is 12.1 Å². The van der Waals surface area contributed by atoms with Crippen molar-refractivity contribution in [3.05, 3.63) is 79.7 Å². The molecule has 0 bridgehead atoms. The zero-order valence-electron chi connectivity index (χ0n) is 17.5. The molecule has 1 aliphatic rings. The molecular weight excluding hydrogens is 446 g/mol. The first-order valence-corrected chi connectivity index (χ1v) is 10.9. The Kier molecular flexibility index (Phi) is 5.93. The van der Waals surface area contributed by atoms with Crippen LogP contribution in [-0.2, 0) is 12.8 Å². The number of benzene rings is 2. The molecule has 2 aromatic carbocycles. The molecular formula is C23H19N3O6S. The zero-order chi connectivity index (χ0) is 23.7. The summed E-state index contributed by atoms with van der Waals surface area (Å²) in [6.45, 7) is 1.62. The number of nitro benzene ring substituents is 1. The number of aromatic hydroxyl groups is 1. The third kappa shape index (κ3) is 4.33. The van der Waals surface area contributed by atoms with Gasteiger partial charge in [0.15, 0.2) is 0 Å². The molecule has 33 heavy (non-hydrogen) atoms. The van der Waals surface area contributed by atoms with Crippen molar-refractivity contribution in [1.82, 2.24) is 5.43 Å². The molecule has 0 atom stereocenters. The van der Waals surface area contributed by atoms with E-state index in [2.05, 4.69) is 22.7 Å². The molecule has 4 rings (SSSR count). The maximum absolute atomic E-state index is 12.4. The minimum Gasteiger partial charge on any atom is -0.506 e. The highest BCUT2D eigenvalue weighted by atomic mass is 32.1. The van der Waals surface area contributed by atoms with Crippen molar-refractivity contribution >= 4 is 34.6 Å². The van der Waals surface area contributed by atoms with Gasteiger partial charge in [-0.15, -0.1) is 11.3 Å². The van der Waals surface area contributed by atoms with Crippen molar-refractivity contribution in [3.63, 3.8) is 0 Å². The van der Waals surface area contributed by atoms with Crippen LogP contribution in [0.1, 0.15) is 50.8 Å². The summed E-state index contributed by atoms with van der Waals surface area (Å²) in [4.78, 5) is 34.5. The molecule has 1 aliphatic carbocycles. The number of fused-ring (bicyclic) bond motifs is 1. The third-order valence-electron chi connectivity index (χ3n) is 5.53. The van der Waals surface area contributed by atoms with Gasteiger partial charge in [-0.3, -0.25) is 14.9 Å². The van der Waals surface area contributed by atoms with Gasteiger partial charge in [-0.2, -0.15) is 5.10 Å². The number of hydrogen-bond acceptors (Lipinski definition) is 7. The summed E-state index contributed by atoms with van der Waals surface area (Å²) in [5, 5.41) is 36.7. The van der Waals surface area contributed by atoms with E-state index in [-0.39, 0.29) is 11.3 Å². The molecule has 1 aromatic heterocycles. The van der Waals surface area contributed by atoms with Gasteiger partial charge in [0.2, 0.25) is 0 Å². The Labute approximate surface area is 192 Å². The van der Waals surface area contributed by atoms with Gasteiger partial charge < -0.3 is 10.2 Å². The van der Waals surface area contributed by atoms with E-state index in [4.69, 9.17) is 5.11 Å². The lowest BCUT2D eigenvalue weighted by Gasteiger charge is -2.06. The largest absolute Gasteiger partial charge is 0.506 e. The lowest BCUT2D eigenvalue weighted by molar-refractivity contribution is -0.385. The van der Waals surface area contributed by atoms with Crippen molar-refractivity contribution in [3.8, 4) is 16.2 Å². The topological polar surface area (TPSA) is 142 Å². The van der Waals surface area contributed by atoms with Gasteiger partial charge in [0, 0.05) is 17.0 Å². The fourth-order valence-electron chi connectivity index (χ4n) is 3.79. The van der Waals surface area contributed by atoms with E-state index < -0.39 is 28.1 Å². The highest BCUT2D eigenvalue weighted by Gasteiger charge is 2.22. The van der Waals surface area contributed by atoms with Crippen molar-refractivity contribution in [2.45, 2.75) is 26.2 Å². The van der Waals surface area contributed by atoms with Crippen LogP contribution < -0.4 is 5.43 Å². The Morgan fingerprint density at radius 1 is 1.12 bits per heavy atom. The van der Waals surface area contributed by atoms with E-state index in [0.717, 1.165) is 37.0 Å². The number of aromatic carboxylic acids is 1. The van der Waals surface area contributed by atoms with Crippen LogP contribution in [0, 0.1) is 10.1 Å². The minimum absolute atomic E-state index is 0.0647. The first kappa shape index (κ1) is 22.2. The number of nitro groups is 1. The number of aryl methyl sites for hydroxylation is 2. The second kappa shape index (κ2) is 8.83. The molecule has 1 amide bonds. The molecule has 0 radical (unpaired) electrons. The van der Waals surface area contributed by atoms with Gasteiger partial charge in [-0.05, 0) is 61.1 Å². The summed E-state index contributed by atoms with van der Waals surface area (Å²) in [7, 11) is 0. The Bertz CT molecular complexity index is 1330. The van der Waals surface area contributed by atoms with Crippen LogP contribution in [0.25, 0.3) is 10.4 Å². The lowest BCUT2D eigenvalue weighted by Crippen LogP contribution is -2.19. The molecule has 0 fully saturated rings. The Balaban J connectivity index is 1.54.